The predicted molar refractivity (Wildman–Crippen MR) is 120 cm³/mol. The average Bonchev–Trinajstić information content (AvgIpc) is 2.76. The van der Waals surface area contributed by atoms with E-state index in [0.29, 0.717) is 36.9 Å². The van der Waals surface area contributed by atoms with Gasteiger partial charge in [0.25, 0.3) is 0 Å². The Bertz CT molecular complexity index is 1220. The zero-order valence-corrected chi connectivity index (χ0v) is 18.2. The van der Waals surface area contributed by atoms with Gasteiger partial charge in [-0.25, -0.2) is 8.42 Å². The molecule has 0 spiro atoms. The summed E-state index contributed by atoms with van der Waals surface area (Å²) in [5.74, 6) is 0.616. The predicted octanol–water partition coefficient (Wildman–Crippen LogP) is 3.08. The van der Waals surface area contributed by atoms with E-state index in [4.69, 9.17) is 9.47 Å². The van der Waals surface area contributed by atoms with Gasteiger partial charge >= 0.3 is 0 Å². The van der Waals surface area contributed by atoms with Crippen LogP contribution in [0.3, 0.4) is 0 Å². The Morgan fingerprint density at radius 2 is 1.74 bits per heavy atom. The molecule has 1 N–H and O–H groups in total. The molecule has 0 radical (unpaired) electrons. The highest BCUT2D eigenvalue weighted by atomic mass is 32.2. The maximum absolute atomic E-state index is 12.9. The van der Waals surface area contributed by atoms with Gasteiger partial charge in [-0.15, -0.1) is 0 Å². The van der Waals surface area contributed by atoms with Gasteiger partial charge in [-0.2, -0.15) is 0 Å². The van der Waals surface area contributed by atoms with E-state index in [1.54, 1.807) is 25.1 Å². The monoisotopic (exact) mass is 440 g/mol. The van der Waals surface area contributed by atoms with Crippen molar-refractivity contribution >= 4 is 32.4 Å². The maximum atomic E-state index is 12.9. The first kappa shape index (κ1) is 21.0. The van der Waals surface area contributed by atoms with Crippen LogP contribution in [0, 0.1) is 0 Å². The Balaban J connectivity index is 1.56. The number of carbonyl (C=O) groups is 1. The van der Waals surface area contributed by atoms with E-state index < -0.39 is 22.0 Å². The molecule has 1 heterocycles. The lowest BCUT2D eigenvalue weighted by atomic mass is 10.0. The van der Waals surface area contributed by atoms with E-state index in [-0.39, 0.29) is 0 Å². The molecule has 31 heavy (non-hydrogen) atoms. The van der Waals surface area contributed by atoms with E-state index in [1.807, 2.05) is 42.5 Å². The van der Waals surface area contributed by atoms with Crippen LogP contribution in [0.2, 0.25) is 0 Å². The largest absolute Gasteiger partial charge is 0.486 e. The molecular formula is C23H24N2O5S. The number of rotatable bonds is 6. The molecule has 1 aliphatic rings. The zero-order valence-electron chi connectivity index (χ0n) is 17.4. The number of fused-ring (bicyclic) bond motifs is 2. The van der Waals surface area contributed by atoms with Gasteiger partial charge in [0.2, 0.25) is 15.9 Å². The Hall–Kier alpha value is -3.26. The van der Waals surface area contributed by atoms with Gasteiger partial charge in [0, 0.05) is 12.6 Å². The first-order chi connectivity index (χ1) is 14.8. The maximum Gasteiger partial charge on any atom is 0.243 e. The van der Waals surface area contributed by atoms with Crippen molar-refractivity contribution in [3.63, 3.8) is 0 Å². The number of ether oxygens (including phenoxy) is 2. The topological polar surface area (TPSA) is 84.9 Å². The average molecular weight is 441 g/mol. The first-order valence-corrected chi connectivity index (χ1v) is 11.8. The van der Waals surface area contributed by atoms with Crippen LogP contribution in [-0.4, -0.2) is 39.8 Å². The molecule has 4 rings (SSSR count). The molecule has 1 amide bonds. The summed E-state index contributed by atoms with van der Waals surface area (Å²) < 4.78 is 37.3. The van der Waals surface area contributed by atoms with Crippen molar-refractivity contribution < 1.29 is 22.7 Å². The number of anilines is 1. The zero-order chi connectivity index (χ0) is 22.0. The summed E-state index contributed by atoms with van der Waals surface area (Å²) in [7, 11) is -3.73. The van der Waals surface area contributed by atoms with Gasteiger partial charge in [-0.3, -0.25) is 9.10 Å². The lowest BCUT2D eigenvalue weighted by molar-refractivity contribution is -0.122. The van der Waals surface area contributed by atoms with Crippen molar-refractivity contribution in [1.29, 1.82) is 0 Å². The van der Waals surface area contributed by atoms with Crippen molar-refractivity contribution in [3.05, 3.63) is 66.2 Å². The van der Waals surface area contributed by atoms with Crippen LogP contribution in [0.5, 0.6) is 11.5 Å². The van der Waals surface area contributed by atoms with E-state index in [0.717, 1.165) is 26.9 Å². The molecule has 0 bridgehead atoms. The van der Waals surface area contributed by atoms with Gasteiger partial charge < -0.3 is 14.8 Å². The number of nitrogens with zero attached hydrogens (tertiary/aromatic N) is 1. The summed E-state index contributed by atoms with van der Waals surface area (Å²) in [4.78, 5) is 12.9. The van der Waals surface area contributed by atoms with E-state index in [9.17, 15) is 13.2 Å². The molecule has 8 heteroatoms. The highest BCUT2D eigenvalue weighted by molar-refractivity contribution is 7.92. The van der Waals surface area contributed by atoms with Crippen LogP contribution in [0.25, 0.3) is 10.8 Å². The molecule has 7 nitrogen and oxygen atoms in total. The third-order valence-corrected chi connectivity index (χ3v) is 6.44. The minimum absolute atomic E-state index is 0.295. The second-order valence-corrected chi connectivity index (χ2v) is 9.28. The Kier molecular flexibility index (Phi) is 5.73. The summed E-state index contributed by atoms with van der Waals surface area (Å²) in [5.41, 5.74) is 1.31. The van der Waals surface area contributed by atoms with Gasteiger partial charge in [0.1, 0.15) is 19.3 Å². The van der Waals surface area contributed by atoms with Crippen molar-refractivity contribution in [2.24, 2.45) is 0 Å². The van der Waals surface area contributed by atoms with Crippen LogP contribution in [0.15, 0.2) is 60.7 Å². The van der Waals surface area contributed by atoms with Gasteiger partial charge in [0.15, 0.2) is 11.5 Å². The fourth-order valence-electron chi connectivity index (χ4n) is 3.75. The molecule has 162 valence electrons. The van der Waals surface area contributed by atoms with Crippen molar-refractivity contribution in [2.45, 2.75) is 19.5 Å². The molecule has 0 fully saturated rings. The molecule has 0 aromatic heterocycles. The molecule has 3 aromatic rings. The van der Waals surface area contributed by atoms with Crippen LogP contribution in [0.4, 0.5) is 5.69 Å². The Morgan fingerprint density at radius 3 is 2.52 bits per heavy atom. The van der Waals surface area contributed by atoms with E-state index in [2.05, 4.69) is 5.32 Å². The number of hydrogen-bond donors (Lipinski definition) is 1. The molecular weight excluding hydrogens is 416 g/mol. The van der Waals surface area contributed by atoms with Crippen molar-refractivity contribution in [1.82, 2.24) is 5.32 Å². The quantitative estimate of drug-likeness (QED) is 0.637. The van der Waals surface area contributed by atoms with E-state index >= 15 is 0 Å². The third-order valence-electron chi connectivity index (χ3n) is 5.20. The van der Waals surface area contributed by atoms with Crippen LogP contribution in [-0.2, 0) is 21.4 Å². The smallest absolute Gasteiger partial charge is 0.243 e. The lowest BCUT2D eigenvalue weighted by Crippen LogP contribution is -2.47. The summed E-state index contributed by atoms with van der Waals surface area (Å²) >= 11 is 0. The normalized spacial score (nSPS) is 14.1. The van der Waals surface area contributed by atoms with E-state index in [1.165, 1.54) is 0 Å². The number of benzene rings is 3. The number of sulfonamides is 1. The van der Waals surface area contributed by atoms with Gasteiger partial charge in [0.05, 0.1) is 11.9 Å². The number of nitrogens with one attached hydrogen (secondary N) is 1. The van der Waals surface area contributed by atoms with Crippen LogP contribution < -0.4 is 19.1 Å². The summed E-state index contributed by atoms with van der Waals surface area (Å²) in [6, 6.07) is 17.7. The summed E-state index contributed by atoms with van der Waals surface area (Å²) in [5, 5.41) is 5.00. The minimum Gasteiger partial charge on any atom is -0.486 e. The standard InChI is InChI=1S/C23H24N2O5S/c1-16(23(26)24-15-18-8-5-7-17-6-3-4-9-20(17)18)25(31(2,27)28)19-10-11-21-22(14-19)30-13-12-29-21/h3-11,14,16H,12-13,15H2,1-2H3,(H,24,26)/t16-/m1/s1. The fraction of sp³-hybridized carbons (Fsp3) is 0.261. The van der Waals surface area contributed by atoms with Crippen LogP contribution >= 0.6 is 0 Å². The molecule has 1 atom stereocenters. The molecule has 0 unspecified atom stereocenters. The Morgan fingerprint density at radius 1 is 1.03 bits per heavy atom. The molecule has 0 saturated heterocycles. The van der Waals surface area contributed by atoms with Crippen molar-refractivity contribution in [3.8, 4) is 11.5 Å². The van der Waals surface area contributed by atoms with Gasteiger partial charge in [-0.05, 0) is 35.4 Å². The second kappa shape index (κ2) is 8.47. The van der Waals surface area contributed by atoms with Gasteiger partial charge in [-0.1, -0.05) is 42.5 Å². The van der Waals surface area contributed by atoms with Crippen LogP contribution in [0.1, 0.15) is 12.5 Å². The second-order valence-electron chi connectivity index (χ2n) is 7.42. The van der Waals surface area contributed by atoms with Crippen molar-refractivity contribution in [2.75, 3.05) is 23.8 Å². The summed E-state index contributed by atoms with van der Waals surface area (Å²) in [6.45, 7) is 2.69. The highest BCUT2D eigenvalue weighted by Gasteiger charge is 2.30. The molecule has 1 aliphatic heterocycles. The fourth-order valence-corrected chi connectivity index (χ4v) is 4.92. The minimum atomic E-state index is -3.73. The Labute approximate surface area is 181 Å². The molecule has 3 aromatic carbocycles. The molecule has 0 aliphatic carbocycles. The number of amides is 1. The number of carbonyl (C=O) groups excluding carboxylic acids is 1. The highest BCUT2D eigenvalue weighted by Crippen LogP contribution is 2.35. The first-order valence-electron chi connectivity index (χ1n) is 9.98. The third kappa shape index (κ3) is 4.44. The SMILES string of the molecule is C[C@H](C(=O)NCc1cccc2ccccc12)N(c1ccc2c(c1)OCCO2)S(C)(=O)=O. The number of hydrogen-bond acceptors (Lipinski definition) is 5. The summed E-state index contributed by atoms with van der Waals surface area (Å²) in [6.07, 6.45) is 1.08. The lowest BCUT2D eigenvalue weighted by Gasteiger charge is -2.29. The molecule has 0 saturated carbocycles.